The molecule has 0 aliphatic rings. The molecule has 2 amide bonds. The van der Waals surface area contributed by atoms with Crippen LogP contribution in [0, 0.1) is 0 Å². The Bertz CT molecular complexity index is 1000. The third-order valence-corrected chi connectivity index (χ3v) is 4.51. The molecule has 2 aromatic carbocycles. The molecular weight excluding hydrogens is 448 g/mol. The van der Waals surface area contributed by atoms with Crippen LogP contribution in [0.1, 0.15) is 24.5 Å². The lowest BCUT2D eigenvalue weighted by Crippen LogP contribution is -2.43. The maximum absolute atomic E-state index is 12.4. The predicted molar refractivity (Wildman–Crippen MR) is 125 cm³/mol. The van der Waals surface area contributed by atoms with Crippen molar-refractivity contribution in [1.82, 2.24) is 10.8 Å². The van der Waals surface area contributed by atoms with Crippen molar-refractivity contribution < 1.29 is 28.6 Å². The lowest BCUT2D eigenvalue weighted by molar-refractivity contribution is -0.138. The Hall–Kier alpha value is -3.54. The van der Waals surface area contributed by atoms with Gasteiger partial charge in [-0.05, 0) is 25.9 Å². The van der Waals surface area contributed by atoms with Crippen molar-refractivity contribution in [2.75, 3.05) is 11.4 Å². The van der Waals surface area contributed by atoms with E-state index in [0.29, 0.717) is 29.7 Å². The summed E-state index contributed by atoms with van der Waals surface area (Å²) in [5.74, 6) is -1.92. The quantitative estimate of drug-likeness (QED) is 0.114. The Morgan fingerprint density at radius 1 is 1.15 bits per heavy atom. The van der Waals surface area contributed by atoms with E-state index in [1.165, 1.54) is 0 Å². The molecule has 0 fully saturated rings. The molecule has 2 unspecified atom stereocenters. The fraction of sp³-hybridized carbons (Fsp3) is 0.227. The molecule has 0 heterocycles. The lowest BCUT2D eigenvalue weighted by atomic mass is 9.99. The highest BCUT2D eigenvalue weighted by atomic mass is 32.1. The molecule has 11 heteroatoms. The number of benzene rings is 2. The number of aliphatic imine (C=N–C) groups is 1. The van der Waals surface area contributed by atoms with Crippen LogP contribution in [-0.2, 0) is 23.5 Å². The number of rotatable bonds is 13. The summed E-state index contributed by atoms with van der Waals surface area (Å²) in [7, 11) is 0. The Balaban J connectivity index is 2.40. The topological polar surface area (TPSA) is 137 Å². The number of anilines is 1. The van der Waals surface area contributed by atoms with Gasteiger partial charge in [0.2, 0.25) is 12.3 Å². The average Bonchev–Trinajstić information content (AvgIpc) is 2.81. The average molecular weight is 473 g/mol. The van der Waals surface area contributed by atoms with Crippen LogP contribution >= 0.6 is 12.9 Å². The largest absolute Gasteiger partial charge is 0.481 e. The van der Waals surface area contributed by atoms with Gasteiger partial charge in [-0.3, -0.25) is 19.4 Å². The molecule has 0 aliphatic carbocycles. The van der Waals surface area contributed by atoms with E-state index in [-0.39, 0.29) is 0 Å². The highest BCUT2D eigenvalue weighted by Crippen LogP contribution is 2.24. The molecule has 2 atom stereocenters. The number of nitrogens with zero attached hydrogens (tertiary/aromatic N) is 2. The fourth-order valence-corrected chi connectivity index (χ4v) is 3.18. The molecule has 0 saturated carbocycles. The second-order valence-electron chi connectivity index (χ2n) is 6.89. The Morgan fingerprint density at radius 2 is 1.82 bits per heavy atom. The van der Waals surface area contributed by atoms with Gasteiger partial charge in [-0.1, -0.05) is 48.5 Å². The number of carbonyl (C=O) groups excluding carboxylic acids is 3. The first kappa shape index (κ1) is 25.7. The first-order valence-electron chi connectivity index (χ1n) is 9.86. The van der Waals surface area contributed by atoms with E-state index in [1.54, 1.807) is 31.2 Å². The number of hydrogen-bond acceptors (Lipinski definition) is 8. The zero-order chi connectivity index (χ0) is 24.2. The number of hydrogen-bond donors (Lipinski definition) is 4. The van der Waals surface area contributed by atoms with Crippen LogP contribution in [0.25, 0.3) is 0 Å². The summed E-state index contributed by atoms with van der Waals surface area (Å²) < 4.78 is 4.65. The molecule has 0 saturated heterocycles. The minimum atomic E-state index is -1.23. The normalized spacial score (nSPS) is 13.0. The highest BCUT2D eigenvalue weighted by molar-refractivity contribution is 7.75. The van der Waals surface area contributed by atoms with Gasteiger partial charge in [0.15, 0.2) is 0 Å². The first-order chi connectivity index (χ1) is 15.9. The Labute approximate surface area is 196 Å². The number of carboxylic acids is 1. The first-order valence-corrected chi connectivity index (χ1v) is 10.2. The summed E-state index contributed by atoms with van der Waals surface area (Å²) in [5.41, 5.74) is 4.85. The van der Waals surface area contributed by atoms with Crippen LogP contribution in [0.5, 0.6) is 0 Å². The standard InChI is InChI=1S/C22H24N4O6S/c1-15(25-32-33)23-22(16-7-3-2-4-8-16)18-9-5-6-10-19(18)26(14-28)12-20(29)24-17(13-27)11-21(30)31/h2-10,13-15,17,25,33H,11-12H2,1H3,(H,24,29)(H,30,31)/b23-22-. The van der Waals surface area contributed by atoms with Crippen molar-refractivity contribution in [1.29, 1.82) is 0 Å². The summed E-state index contributed by atoms with van der Waals surface area (Å²) in [6, 6.07) is 14.9. The SMILES string of the molecule is CC(/N=C(/c1ccccc1)c1ccccc1N(C=O)CC(=O)NC(C=O)CC(=O)O)NOS. The number of carboxylic acid groups (broad SMARTS) is 1. The van der Waals surface area contributed by atoms with Gasteiger partial charge < -0.3 is 20.1 Å². The molecule has 2 rings (SSSR count). The molecule has 0 spiro atoms. The maximum Gasteiger partial charge on any atom is 0.305 e. The van der Waals surface area contributed by atoms with Crippen LogP contribution in [0.3, 0.4) is 0 Å². The Morgan fingerprint density at radius 3 is 2.42 bits per heavy atom. The van der Waals surface area contributed by atoms with Gasteiger partial charge in [0.25, 0.3) is 0 Å². The molecule has 3 N–H and O–H groups in total. The zero-order valence-electron chi connectivity index (χ0n) is 17.7. The van der Waals surface area contributed by atoms with Crippen molar-refractivity contribution in [2.45, 2.75) is 25.6 Å². The van der Waals surface area contributed by atoms with Crippen LogP contribution in [-0.4, -0.2) is 54.1 Å². The van der Waals surface area contributed by atoms with Gasteiger partial charge in [0.1, 0.15) is 19.0 Å². The number of nitrogens with one attached hydrogen (secondary N) is 2. The van der Waals surface area contributed by atoms with Crippen molar-refractivity contribution in [3.05, 3.63) is 65.7 Å². The number of aldehydes is 1. The summed E-state index contributed by atoms with van der Waals surface area (Å²) in [4.78, 5) is 52.0. The second kappa shape index (κ2) is 13.1. The molecule has 2 aromatic rings. The summed E-state index contributed by atoms with van der Waals surface area (Å²) >= 11 is 3.68. The van der Waals surface area contributed by atoms with E-state index >= 15 is 0 Å². The van der Waals surface area contributed by atoms with E-state index in [1.807, 2.05) is 30.3 Å². The zero-order valence-corrected chi connectivity index (χ0v) is 18.6. The third kappa shape index (κ3) is 7.83. The third-order valence-electron chi connectivity index (χ3n) is 4.41. The van der Waals surface area contributed by atoms with E-state index in [0.717, 1.165) is 10.5 Å². The monoisotopic (exact) mass is 472 g/mol. The summed E-state index contributed by atoms with van der Waals surface area (Å²) in [6.07, 6.45) is -0.241. The predicted octanol–water partition coefficient (Wildman–Crippen LogP) is 1.36. The van der Waals surface area contributed by atoms with Gasteiger partial charge in [-0.2, -0.15) is 5.48 Å². The molecule has 0 bridgehead atoms. The minimum absolute atomic E-state index is 0.337. The fourth-order valence-electron chi connectivity index (χ4n) is 3.02. The Kier molecular flexibility index (Phi) is 10.2. The molecular formula is C22H24N4O6S. The number of hydroxylamine groups is 1. The minimum Gasteiger partial charge on any atom is -0.481 e. The van der Waals surface area contributed by atoms with Gasteiger partial charge >= 0.3 is 5.97 Å². The maximum atomic E-state index is 12.4. The molecule has 0 aliphatic heterocycles. The van der Waals surface area contributed by atoms with Crippen LogP contribution in [0.15, 0.2) is 59.6 Å². The molecule has 33 heavy (non-hydrogen) atoms. The number of para-hydroxylation sites is 1. The smallest absolute Gasteiger partial charge is 0.305 e. The van der Waals surface area contributed by atoms with Crippen molar-refractivity contribution in [2.24, 2.45) is 4.99 Å². The van der Waals surface area contributed by atoms with Crippen LogP contribution in [0.4, 0.5) is 5.69 Å². The van der Waals surface area contributed by atoms with Crippen LogP contribution in [0.2, 0.25) is 0 Å². The molecule has 174 valence electrons. The molecule has 10 nitrogen and oxygen atoms in total. The van der Waals surface area contributed by atoms with E-state index in [2.05, 4.69) is 33.0 Å². The van der Waals surface area contributed by atoms with Gasteiger partial charge in [-0.15, -0.1) is 0 Å². The van der Waals surface area contributed by atoms with Gasteiger partial charge in [0, 0.05) is 11.1 Å². The second-order valence-corrected chi connectivity index (χ2v) is 7.07. The van der Waals surface area contributed by atoms with E-state index < -0.39 is 37.0 Å². The van der Waals surface area contributed by atoms with Gasteiger partial charge in [-0.25, -0.2) is 4.28 Å². The lowest BCUT2D eigenvalue weighted by Gasteiger charge is -2.22. The van der Waals surface area contributed by atoms with Gasteiger partial charge in [0.05, 0.1) is 23.9 Å². The number of aliphatic carboxylic acids is 1. The van der Waals surface area contributed by atoms with Crippen molar-refractivity contribution >= 4 is 48.9 Å². The summed E-state index contributed by atoms with van der Waals surface area (Å²) in [6.45, 7) is 1.31. The van der Waals surface area contributed by atoms with Crippen LogP contribution < -0.4 is 15.7 Å². The van der Waals surface area contributed by atoms with Crippen molar-refractivity contribution in [3.63, 3.8) is 0 Å². The number of thiol groups is 1. The molecule has 0 radical (unpaired) electrons. The summed E-state index contributed by atoms with van der Waals surface area (Å²) in [5, 5.41) is 11.1. The van der Waals surface area contributed by atoms with E-state index in [4.69, 9.17) is 5.11 Å². The molecule has 0 aromatic heterocycles. The highest BCUT2D eigenvalue weighted by Gasteiger charge is 2.21. The number of amides is 2. The number of carbonyl (C=O) groups is 4. The van der Waals surface area contributed by atoms with Crippen molar-refractivity contribution in [3.8, 4) is 0 Å². The van der Waals surface area contributed by atoms with E-state index in [9.17, 15) is 19.2 Å².